The summed E-state index contributed by atoms with van der Waals surface area (Å²) in [5.41, 5.74) is 5.15. The van der Waals surface area contributed by atoms with Crippen LogP contribution in [0.25, 0.3) is 0 Å². The Balaban J connectivity index is 2.02. The quantitative estimate of drug-likeness (QED) is 0.753. The molecule has 0 aliphatic carbocycles. The van der Waals surface area contributed by atoms with Crippen molar-refractivity contribution in [3.05, 3.63) is 18.7 Å². The minimum atomic E-state index is -0.599. The van der Waals surface area contributed by atoms with E-state index >= 15 is 0 Å². The third kappa shape index (κ3) is 4.16. The van der Waals surface area contributed by atoms with Gasteiger partial charge in [-0.3, -0.25) is 9.59 Å². The predicted octanol–water partition coefficient (Wildman–Crippen LogP) is 2.51. The maximum atomic E-state index is 12.2. The van der Waals surface area contributed by atoms with Crippen molar-refractivity contribution in [2.24, 2.45) is 11.1 Å². The van der Waals surface area contributed by atoms with Gasteiger partial charge in [0.25, 0.3) is 0 Å². The Hall–Kier alpha value is -1.85. The Kier molecular flexibility index (Phi) is 6.02. The van der Waals surface area contributed by atoms with Gasteiger partial charge in [-0.15, -0.1) is 0 Å². The Morgan fingerprint density at radius 1 is 1.50 bits per heavy atom. The number of carbonyl (C=O) groups is 2. The van der Waals surface area contributed by atoms with Crippen molar-refractivity contribution in [2.75, 3.05) is 6.54 Å². The Bertz CT molecular complexity index is 557. The summed E-state index contributed by atoms with van der Waals surface area (Å²) in [6.45, 7) is 6.94. The minimum absolute atomic E-state index is 0.0982. The lowest BCUT2D eigenvalue weighted by Crippen LogP contribution is -2.44. The van der Waals surface area contributed by atoms with E-state index < -0.39 is 5.41 Å². The molecule has 1 aromatic heterocycles. The van der Waals surface area contributed by atoms with Gasteiger partial charge in [0.05, 0.1) is 6.33 Å². The molecule has 2 heterocycles. The highest BCUT2D eigenvalue weighted by Crippen LogP contribution is 2.34. The van der Waals surface area contributed by atoms with E-state index in [0.717, 1.165) is 25.8 Å². The summed E-state index contributed by atoms with van der Waals surface area (Å²) in [4.78, 5) is 30.2. The van der Waals surface area contributed by atoms with Crippen molar-refractivity contribution < 1.29 is 9.59 Å². The van der Waals surface area contributed by atoms with Gasteiger partial charge in [0.15, 0.2) is 0 Å². The van der Waals surface area contributed by atoms with Gasteiger partial charge >= 0.3 is 0 Å². The first kappa shape index (κ1) is 18.5. The molecule has 2 rings (SSSR count). The van der Waals surface area contributed by atoms with Gasteiger partial charge in [-0.1, -0.05) is 13.8 Å². The van der Waals surface area contributed by atoms with Crippen LogP contribution in [0.3, 0.4) is 0 Å². The molecule has 1 saturated heterocycles. The van der Waals surface area contributed by atoms with Gasteiger partial charge in [-0.25, -0.2) is 4.98 Å². The standard InChI is InChI=1S/C18H30N4O2/c1-4-15(22-10-5-6-16(22)23)12-18(3,17(19)24)8-7-14(2)21-11-9-20-13-21/h9,11,13-15H,4-8,10,12H2,1-3H3,(H2,19,24). The van der Waals surface area contributed by atoms with Crippen molar-refractivity contribution in [1.29, 1.82) is 0 Å². The van der Waals surface area contributed by atoms with Gasteiger partial charge in [0.2, 0.25) is 11.8 Å². The highest BCUT2D eigenvalue weighted by Gasteiger charge is 2.37. The molecule has 1 aromatic rings. The second-order valence-electron chi connectivity index (χ2n) is 7.28. The molecule has 1 aliphatic heterocycles. The van der Waals surface area contributed by atoms with Gasteiger partial charge in [0, 0.05) is 42.9 Å². The second-order valence-corrected chi connectivity index (χ2v) is 7.28. The fourth-order valence-corrected chi connectivity index (χ4v) is 3.58. The average Bonchev–Trinajstić information content (AvgIpc) is 3.22. The maximum absolute atomic E-state index is 12.2. The third-order valence-corrected chi connectivity index (χ3v) is 5.45. The van der Waals surface area contributed by atoms with Crippen LogP contribution in [0, 0.1) is 5.41 Å². The van der Waals surface area contributed by atoms with Crippen LogP contribution in [-0.2, 0) is 9.59 Å². The van der Waals surface area contributed by atoms with Crippen LogP contribution in [0.4, 0.5) is 0 Å². The van der Waals surface area contributed by atoms with E-state index in [1.165, 1.54) is 0 Å². The molecule has 0 aromatic carbocycles. The molecule has 2 N–H and O–H groups in total. The molecule has 6 heteroatoms. The minimum Gasteiger partial charge on any atom is -0.369 e. The first-order valence-electron chi connectivity index (χ1n) is 8.94. The van der Waals surface area contributed by atoms with E-state index in [2.05, 4.69) is 18.8 Å². The molecule has 0 saturated carbocycles. The number of hydrogen-bond acceptors (Lipinski definition) is 3. The summed E-state index contributed by atoms with van der Waals surface area (Å²) in [5, 5.41) is 0. The molecule has 6 nitrogen and oxygen atoms in total. The third-order valence-electron chi connectivity index (χ3n) is 5.45. The summed E-state index contributed by atoms with van der Waals surface area (Å²) < 4.78 is 2.04. The number of aromatic nitrogens is 2. The number of nitrogens with zero attached hydrogens (tertiary/aromatic N) is 3. The number of nitrogens with two attached hydrogens (primary N) is 1. The normalized spacial score (nSPS) is 20.0. The highest BCUT2D eigenvalue weighted by atomic mass is 16.2. The number of primary amides is 1. The molecule has 24 heavy (non-hydrogen) atoms. The SMILES string of the molecule is CCC(CC(C)(CCC(C)n1ccnc1)C(N)=O)N1CCCC1=O. The molecular weight excluding hydrogens is 304 g/mol. The van der Waals surface area contributed by atoms with E-state index in [1.54, 1.807) is 12.5 Å². The number of imidazole rings is 1. The molecule has 1 fully saturated rings. The van der Waals surface area contributed by atoms with Crippen LogP contribution >= 0.6 is 0 Å². The molecule has 0 radical (unpaired) electrons. The molecule has 3 atom stereocenters. The Morgan fingerprint density at radius 2 is 2.25 bits per heavy atom. The van der Waals surface area contributed by atoms with Gasteiger partial charge in [0.1, 0.15) is 0 Å². The second kappa shape index (κ2) is 7.81. The van der Waals surface area contributed by atoms with Crippen molar-refractivity contribution in [1.82, 2.24) is 14.5 Å². The summed E-state index contributed by atoms with van der Waals surface area (Å²) in [5.74, 6) is -0.0640. The number of hydrogen-bond donors (Lipinski definition) is 1. The van der Waals surface area contributed by atoms with Crippen LogP contribution in [0.15, 0.2) is 18.7 Å². The molecule has 2 amide bonds. The van der Waals surface area contributed by atoms with Crippen molar-refractivity contribution in [2.45, 2.75) is 71.4 Å². The van der Waals surface area contributed by atoms with Crippen LogP contribution < -0.4 is 5.73 Å². The van der Waals surface area contributed by atoms with E-state index in [9.17, 15) is 9.59 Å². The first-order valence-corrected chi connectivity index (χ1v) is 8.94. The maximum Gasteiger partial charge on any atom is 0.223 e. The molecule has 0 spiro atoms. The number of carbonyl (C=O) groups excluding carboxylic acids is 2. The highest BCUT2D eigenvalue weighted by molar-refractivity contribution is 5.81. The van der Waals surface area contributed by atoms with Crippen molar-refractivity contribution in [3.63, 3.8) is 0 Å². The van der Waals surface area contributed by atoms with Crippen LogP contribution in [-0.4, -0.2) is 38.9 Å². The van der Waals surface area contributed by atoms with Crippen LogP contribution in [0.1, 0.15) is 65.3 Å². The number of rotatable bonds is 9. The summed E-state index contributed by atoms with van der Waals surface area (Å²) in [6, 6.07) is 0.362. The predicted molar refractivity (Wildman–Crippen MR) is 93.1 cm³/mol. The lowest BCUT2D eigenvalue weighted by molar-refractivity contribution is -0.134. The molecular formula is C18H30N4O2. The van der Waals surface area contributed by atoms with Crippen molar-refractivity contribution in [3.8, 4) is 0 Å². The van der Waals surface area contributed by atoms with Gasteiger partial charge in [-0.2, -0.15) is 0 Å². The smallest absolute Gasteiger partial charge is 0.223 e. The van der Waals surface area contributed by atoms with E-state index in [-0.39, 0.29) is 23.9 Å². The van der Waals surface area contributed by atoms with Crippen LogP contribution in [0.5, 0.6) is 0 Å². The van der Waals surface area contributed by atoms with E-state index in [0.29, 0.717) is 19.3 Å². The zero-order valence-corrected chi connectivity index (χ0v) is 15.1. The van der Waals surface area contributed by atoms with E-state index in [1.807, 2.05) is 22.6 Å². The summed E-state index contributed by atoms with van der Waals surface area (Å²) >= 11 is 0. The molecule has 0 bridgehead atoms. The lowest BCUT2D eigenvalue weighted by atomic mass is 9.77. The largest absolute Gasteiger partial charge is 0.369 e. The lowest BCUT2D eigenvalue weighted by Gasteiger charge is -2.35. The number of amides is 2. The molecule has 134 valence electrons. The number of likely N-dealkylation sites (tertiary alicyclic amines) is 1. The average molecular weight is 334 g/mol. The fourth-order valence-electron chi connectivity index (χ4n) is 3.58. The molecule has 3 unspecified atom stereocenters. The monoisotopic (exact) mass is 334 g/mol. The van der Waals surface area contributed by atoms with E-state index in [4.69, 9.17) is 5.73 Å². The van der Waals surface area contributed by atoms with Gasteiger partial charge < -0.3 is 15.2 Å². The zero-order chi connectivity index (χ0) is 17.7. The van der Waals surface area contributed by atoms with Gasteiger partial charge in [-0.05, 0) is 39.0 Å². The van der Waals surface area contributed by atoms with Crippen LogP contribution in [0.2, 0.25) is 0 Å². The topological polar surface area (TPSA) is 81.2 Å². The summed E-state index contributed by atoms with van der Waals surface area (Å²) in [6.07, 6.45) is 10.1. The Labute approximate surface area is 144 Å². The van der Waals surface area contributed by atoms with Crippen molar-refractivity contribution >= 4 is 11.8 Å². The molecule has 1 aliphatic rings. The fraction of sp³-hybridized carbons (Fsp3) is 0.722. The summed E-state index contributed by atoms with van der Waals surface area (Å²) in [7, 11) is 0. The first-order chi connectivity index (χ1) is 11.4. The zero-order valence-electron chi connectivity index (χ0n) is 15.1. The Morgan fingerprint density at radius 3 is 2.75 bits per heavy atom.